The van der Waals surface area contributed by atoms with Crippen molar-refractivity contribution >= 4 is 37.7 Å². The van der Waals surface area contributed by atoms with E-state index >= 15 is 0 Å². The zero-order chi connectivity index (χ0) is 41.9. The van der Waals surface area contributed by atoms with Crippen molar-refractivity contribution in [3.05, 3.63) is 0 Å². The van der Waals surface area contributed by atoms with E-state index in [9.17, 15) is 10.2 Å². The van der Waals surface area contributed by atoms with Crippen molar-refractivity contribution in [3.63, 3.8) is 0 Å². The molecular formula is C56H98CaO2. The maximum Gasteiger partial charge on any atom is 2.00 e. The second-order valence-electron chi connectivity index (χ2n) is 26.1. The first-order valence-electron chi connectivity index (χ1n) is 26.6. The topological polar surface area (TPSA) is 46.1 Å². The Morgan fingerprint density at radius 3 is 1.10 bits per heavy atom. The first-order valence-corrected chi connectivity index (χ1v) is 26.6. The van der Waals surface area contributed by atoms with E-state index in [1.807, 2.05) is 0 Å². The van der Waals surface area contributed by atoms with E-state index in [1.165, 1.54) is 116 Å². The Bertz CT molecular complexity index is 1240. The summed E-state index contributed by atoms with van der Waals surface area (Å²) >= 11 is 0. The second-order valence-corrected chi connectivity index (χ2v) is 26.1. The van der Waals surface area contributed by atoms with Crippen LogP contribution in [0.25, 0.3) is 0 Å². The number of rotatable bonds is 10. The summed E-state index contributed by atoms with van der Waals surface area (Å²) in [4.78, 5) is 0. The molecule has 0 saturated heterocycles. The first-order chi connectivity index (χ1) is 27.3. The molecule has 0 radical (unpaired) electrons. The van der Waals surface area contributed by atoms with Gasteiger partial charge in [0.2, 0.25) is 0 Å². The molecule has 20 atom stereocenters. The van der Waals surface area contributed by atoms with Crippen molar-refractivity contribution < 1.29 is 10.2 Å². The van der Waals surface area contributed by atoms with E-state index in [-0.39, 0.29) is 49.9 Å². The molecule has 3 heteroatoms. The molecule has 0 amide bonds. The molecule has 8 fully saturated rings. The molecule has 0 heterocycles. The fourth-order valence-corrected chi connectivity index (χ4v) is 18.5. The largest absolute Gasteiger partial charge is 2.00 e. The van der Waals surface area contributed by atoms with Gasteiger partial charge >= 0.3 is 37.7 Å². The van der Waals surface area contributed by atoms with Gasteiger partial charge in [-0.05, 0) is 206 Å². The Balaban J connectivity index is 0.000000195. The van der Waals surface area contributed by atoms with E-state index in [0.717, 1.165) is 120 Å². The van der Waals surface area contributed by atoms with Crippen molar-refractivity contribution in [2.45, 2.75) is 237 Å². The van der Waals surface area contributed by atoms with E-state index < -0.39 is 0 Å². The Morgan fingerprint density at radius 1 is 0.407 bits per heavy atom. The van der Waals surface area contributed by atoms with Crippen LogP contribution in [0.4, 0.5) is 0 Å². The number of hydrogen-bond donors (Lipinski definition) is 0. The van der Waals surface area contributed by atoms with Crippen molar-refractivity contribution in [1.82, 2.24) is 0 Å². The average molecular weight is 843 g/mol. The fourth-order valence-electron chi connectivity index (χ4n) is 18.5. The molecule has 0 spiro atoms. The first kappa shape index (κ1) is 49.6. The standard InChI is InChI=1S/2C28H49O.Ca/c2*1-18(2)19(3)7-8-20(4)24-11-12-25-23-10-9-21-17-22(29)13-15-27(21,5)26(23)14-16-28(24,25)6;/h2*18-26H,7-17H2,1-6H3;/q2*-1;+2/t2*19-,20+,21?,22?,23-,24+,25-,26-,27-,28+;/m00./s1. The van der Waals surface area contributed by atoms with Gasteiger partial charge in [0, 0.05) is 0 Å². The third-order valence-electron chi connectivity index (χ3n) is 23.2. The molecule has 8 aliphatic rings. The van der Waals surface area contributed by atoms with Crippen LogP contribution in [0.15, 0.2) is 0 Å². The zero-order valence-electron chi connectivity index (χ0n) is 41.5. The molecule has 0 N–H and O–H groups in total. The normalized spacial score (nSPS) is 48.4. The van der Waals surface area contributed by atoms with Gasteiger partial charge in [-0.25, -0.2) is 0 Å². The molecule has 0 aromatic heterocycles. The molecular weight excluding hydrogens is 745 g/mol. The van der Waals surface area contributed by atoms with Crippen molar-refractivity contribution in [1.29, 1.82) is 0 Å². The monoisotopic (exact) mass is 843 g/mol. The third-order valence-corrected chi connectivity index (χ3v) is 23.2. The van der Waals surface area contributed by atoms with Gasteiger partial charge in [0.15, 0.2) is 0 Å². The summed E-state index contributed by atoms with van der Waals surface area (Å²) in [6.07, 6.45) is 28.9. The predicted octanol–water partition coefficient (Wildman–Crippen LogP) is 13.8. The summed E-state index contributed by atoms with van der Waals surface area (Å²) in [5.41, 5.74) is 2.17. The fraction of sp³-hybridized carbons (Fsp3) is 1.00. The summed E-state index contributed by atoms with van der Waals surface area (Å²) in [6.45, 7) is 30.3. The average Bonchev–Trinajstić information content (AvgIpc) is 3.73. The van der Waals surface area contributed by atoms with Crippen LogP contribution in [0.5, 0.6) is 0 Å². The van der Waals surface area contributed by atoms with Gasteiger partial charge in [-0.3, -0.25) is 0 Å². The third kappa shape index (κ3) is 9.44. The Morgan fingerprint density at radius 2 is 0.746 bits per heavy atom. The Kier molecular flexibility index (Phi) is 16.5. The minimum absolute atomic E-state index is 0. The van der Waals surface area contributed by atoms with Crippen LogP contribution in [-0.4, -0.2) is 49.9 Å². The van der Waals surface area contributed by atoms with Crippen molar-refractivity contribution in [2.75, 3.05) is 0 Å². The molecule has 8 rings (SSSR count). The van der Waals surface area contributed by atoms with Crippen LogP contribution in [0, 0.1) is 116 Å². The molecule has 0 aliphatic heterocycles. The van der Waals surface area contributed by atoms with Gasteiger partial charge in [0.25, 0.3) is 0 Å². The molecule has 336 valence electrons. The van der Waals surface area contributed by atoms with Crippen molar-refractivity contribution in [2.24, 2.45) is 116 Å². The van der Waals surface area contributed by atoms with Gasteiger partial charge < -0.3 is 10.2 Å². The van der Waals surface area contributed by atoms with Crippen LogP contribution in [-0.2, 0) is 0 Å². The summed E-state index contributed by atoms with van der Waals surface area (Å²) in [5.74, 6) is 14.2. The summed E-state index contributed by atoms with van der Waals surface area (Å²) < 4.78 is 0. The van der Waals surface area contributed by atoms with Crippen molar-refractivity contribution in [3.8, 4) is 0 Å². The molecule has 59 heavy (non-hydrogen) atoms. The maximum absolute atomic E-state index is 12.2. The molecule has 0 aromatic carbocycles. The second kappa shape index (κ2) is 19.6. The quantitative estimate of drug-likeness (QED) is 0.206. The molecule has 0 aromatic rings. The summed E-state index contributed by atoms with van der Waals surface area (Å²) in [7, 11) is 0. The molecule has 8 saturated carbocycles. The van der Waals surface area contributed by atoms with Gasteiger partial charge in [0.05, 0.1) is 0 Å². The van der Waals surface area contributed by atoms with E-state index in [1.54, 1.807) is 0 Å². The number of hydrogen-bond acceptors (Lipinski definition) is 2. The smallest absolute Gasteiger partial charge is 0.852 e. The van der Waals surface area contributed by atoms with Gasteiger partial charge in [-0.2, -0.15) is 0 Å². The van der Waals surface area contributed by atoms with Crippen LogP contribution in [0.3, 0.4) is 0 Å². The predicted molar refractivity (Wildman–Crippen MR) is 249 cm³/mol. The van der Waals surface area contributed by atoms with E-state index in [2.05, 4.69) is 83.1 Å². The van der Waals surface area contributed by atoms with E-state index in [0.29, 0.717) is 21.7 Å². The number of fused-ring (bicyclic) bond motifs is 10. The van der Waals surface area contributed by atoms with E-state index in [4.69, 9.17) is 0 Å². The van der Waals surface area contributed by atoms with Crippen LogP contribution in [0.2, 0.25) is 0 Å². The van der Waals surface area contributed by atoms with Crippen LogP contribution < -0.4 is 10.2 Å². The SMILES string of the molecule is CC(C)[C@@H](C)CC[C@@H](C)[C@H]1CC[C@H]2[C@@H]3CCC4CC([O-])CC[C@]4(C)[C@H]3CC[C@]12C.CC(C)[C@@H](C)CC[C@@H](C)[C@H]1CC[C@H]2[C@@H]3CCC4CC([O-])CC[C@]4(C)[C@H]3CC[C@]12C.[Ca+2]. The summed E-state index contributed by atoms with van der Waals surface area (Å²) in [5, 5.41) is 24.4. The molecule has 2 nitrogen and oxygen atoms in total. The summed E-state index contributed by atoms with van der Waals surface area (Å²) in [6, 6.07) is 0. The minimum atomic E-state index is -0.261. The van der Waals surface area contributed by atoms with Crippen LogP contribution in [0.1, 0.15) is 224 Å². The Labute approximate surface area is 397 Å². The van der Waals surface area contributed by atoms with Gasteiger partial charge in [-0.1, -0.05) is 134 Å². The Hall–Kier alpha value is 1.18. The molecule has 0 bridgehead atoms. The van der Waals surface area contributed by atoms with Crippen LogP contribution >= 0.6 is 0 Å². The maximum atomic E-state index is 12.2. The van der Waals surface area contributed by atoms with Gasteiger partial charge in [0.1, 0.15) is 0 Å². The zero-order valence-corrected chi connectivity index (χ0v) is 43.7. The molecule has 8 aliphatic carbocycles. The minimum Gasteiger partial charge on any atom is -0.852 e. The molecule has 4 unspecified atom stereocenters. The van der Waals surface area contributed by atoms with Gasteiger partial charge in [-0.15, -0.1) is 12.2 Å².